The first kappa shape index (κ1) is 17.8. The van der Waals surface area contributed by atoms with E-state index in [-0.39, 0.29) is 18.7 Å². The molecule has 1 aromatic rings. The standard InChI is InChI=1S/C17H21F3O3/c1-3-14-16(23-14,15(21)22-4-2)10-6-8-12-7-5-9-13(11-12)17(18,19)20/h5,7,9,11,14H,3-4,6,8,10H2,1-2H3. The van der Waals surface area contributed by atoms with Gasteiger partial charge in [0.1, 0.15) is 0 Å². The van der Waals surface area contributed by atoms with Crippen LogP contribution >= 0.6 is 0 Å². The Morgan fingerprint density at radius 3 is 2.65 bits per heavy atom. The number of aryl methyl sites for hydroxylation is 1. The lowest BCUT2D eigenvalue weighted by Gasteiger charge is -2.12. The minimum atomic E-state index is -4.34. The lowest BCUT2D eigenvalue weighted by Crippen LogP contribution is -2.30. The van der Waals surface area contributed by atoms with Gasteiger partial charge in [-0.05, 0) is 44.2 Å². The van der Waals surface area contributed by atoms with Gasteiger partial charge in [0.2, 0.25) is 0 Å². The second kappa shape index (κ2) is 6.91. The molecular weight excluding hydrogens is 309 g/mol. The van der Waals surface area contributed by atoms with Gasteiger partial charge in [0, 0.05) is 0 Å². The zero-order valence-electron chi connectivity index (χ0n) is 13.3. The summed E-state index contributed by atoms with van der Waals surface area (Å²) in [7, 11) is 0. The van der Waals surface area contributed by atoms with Crippen molar-refractivity contribution in [3.05, 3.63) is 35.4 Å². The molecule has 0 radical (unpaired) electrons. The molecule has 0 saturated carbocycles. The quantitative estimate of drug-likeness (QED) is 0.557. The first-order valence-corrected chi connectivity index (χ1v) is 7.84. The number of benzene rings is 1. The largest absolute Gasteiger partial charge is 0.464 e. The molecule has 1 aromatic carbocycles. The van der Waals surface area contributed by atoms with E-state index in [9.17, 15) is 18.0 Å². The highest BCUT2D eigenvalue weighted by Gasteiger charge is 2.61. The summed E-state index contributed by atoms with van der Waals surface area (Å²) in [6.45, 7) is 3.95. The number of hydrogen-bond acceptors (Lipinski definition) is 3. The molecule has 2 unspecified atom stereocenters. The molecular formula is C17H21F3O3. The van der Waals surface area contributed by atoms with Gasteiger partial charge in [-0.25, -0.2) is 4.79 Å². The lowest BCUT2D eigenvalue weighted by atomic mass is 9.95. The number of carbonyl (C=O) groups is 1. The third-order valence-electron chi connectivity index (χ3n) is 4.08. The molecule has 0 bridgehead atoms. The zero-order valence-corrected chi connectivity index (χ0v) is 13.3. The van der Waals surface area contributed by atoms with Crippen LogP contribution in [-0.4, -0.2) is 24.3 Å². The zero-order chi connectivity index (χ0) is 17.1. The Labute approximate surface area is 133 Å². The Morgan fingerprint density at radius 2 is 2.09 bits per heavy atom. The summed E-state index contributed by atoms with van der Waals surface area (Å²) in [5, 5.41) is 0. The molecule has 2 atom stereocenters. The predicted octanol–water partition coefficient (Wildman–Crippen LogP) is 4.14. The van der Waals surface area contributed by atoms with Crippen LogP contribution in [0.25, 0.3) is 0 Å². The highest BCUT2D eigenvalue weighted by molar-refractivity contribution is 5.83. The average Bonchev–Trinajstić information content (AvgIpc) is 3.22. The predicted molar refractivity (Wildman–Crippen MR) is 78.9 cm³/mol. The number of hydrogen-bond donors (Lipinski definition) is 0. The molecule has 0 spiro atoms. The molecule has 128 valence electrons. The van der Waals surface area contributed by atoms with Crippen LogP contribution < -0.4 is 0 Å². The van der Waals surface area contributed by atoms with Crippen LogP contribution in [0.2, 0.25) is 0 Å². The molecule has 23 heavy (non-hydrogen) atoms. The fourth-order valence-corrected chi connectivity index (χ4v) is 2.85. The van der Waals surface area contributed by atoms with E-state index in [1.807, 2.05) is 6.92 Å². The van der Waals surface area contributed by atoms with Gasteiger partial charge in [-0.1, -0.05) is 25.1 Å². The fourth-order valence-electron chi connectivity index (χ4n) is 2.85. The molecule has 1 fully saturated rings. The van der Waals surface area contributed by atoms with Gasteiger partial charge in [-0.15, -0.1) is 0 Å². The van der Waals surface area contributed by atoms with E-state index in [2.05, 4.69) is 0 Å². The molecule has 0 amide bonds. The summed E-state index contributed by atoms with van der Waals surface area (Å²) in [5.74, 6) is -0.365. The van der Waals surface area contributed by atoms with E-state index in [0.29, 0.717) is 31.2 Å². The molecule has 0 N–H and O–H groups in total. The summed E-state index contributed by atoms with van der Waals surface area (Å²) in [6, 6.07) is 5.28. The van der Waals surface area contributed by atoms with Gasteiger partial charge in [-0.3, -0.25) is 0 Å². The highest BCUT2D eigenvalue weighted by atomic mass is 19.4. The normalized spacial score (nSPS) is 23.6. The van der Waals surface area contributed by atoms with Crippen molar-refractivity contribution in [2.45, 2.75) is 57.4 Å². The topological polar surface area (TPSA) is 38.8 Å². The van der Waals surface area contributed by atoms with Crippen molar-refractivity contribution in [3.63, 3.8) is 0 Å². The fraction of sp³-hybridized carbons (Fsp3) is 0.588. The van der Waals surface area contributed by atoms with Gasteiger partial charge in [0.05, 0.1) is 18.3 Å². The molecule has 1 aliphatic rings. The third kappa shape index (κ3) is 4.05. The highest BCUT2D eigenvalue weighted by Crippen LogP contribution is 2.44. The Kier molecular flexibility index (Phi) is 5.34. The minimum absolute atomic E-state index is 0.150. The van der Waals surface area contributed by atoms with Crippen molar-refractivity contribution in [1.29, 1.82) is 0 Å². The van der Waals surface area contributed by atoms with Crippen molar-refractivity contribution in [2.75, 3.05) is 6.61 Å². The van der Waals surface area contributed by atoms with Crippen molar-refractivity contribution in [3.8, 4) is 0 Å². The first-order valence-electron chi connectivity index (χ1n) is 7.84. The second-order valence-corrected chi connectivity index (χ2v) is 5.68. The van der Waals surface area contributed by atoms with Crippen molar-refractivity contribution >= 4 is 5.97 Å². The lowest BCUT2D eigenvalue weighted by molar-refractivity contribution is -0.149. The van der Waals surface area contributed by atoms with Gasteiger partial charge in [0.25, 0.3) is 0 Å². The van der Waals surface area contributed by atoms with Gasteiger partial charge < -0.3 is 9.47 Å². The maximum Gasteiger partial charge on any atom is 0.416 e. The maximum atomic E-state index is 12.7. The van der Waals surface area contributed by atoms with Crippen LogP contribution in [0.3, 0.4) is 0 Å². The maximum absolute atomic E-state index is 12.7. The smallest absolute Gasteiger partial charge is 0.416 e. The molecule has 1 aliphatic heterocycles. The summed E-state index contributed by atoms with van der Waals surface area (Å²) in [6.07, 6.45) is -2.29. The van der Waals surface area contributed by atoms with Crippen LogP contribution in [0.4, 0.5) is 13.2 Å². The molecule has 3 nitrogen and oxygen atoms in total. The molecule has 1 heterocycles. The van der Waals surface area contributed by atoms with E-state index < -0.39 is 17.3 Å². The van der Waals surface area contributed by atoms with Crippen molar-refractivity contribution in [1.82, 2.24) is 0 Å². The number of rotatable bonds is 7. The number of ether oxygens (including phenoxy) is 2. The third-order valence-corrected chi connectivity index (χ3v) is 4.08. The van der Waals surface area contributed by atoms with E-state index >= 15 is 0 Å². The Balaban J connectivity index is 1.95. The molecule has 0 aliphatic carbocycles. The number of epoxide rings is 1. The Hall–Kier alpha value is -1.56. The van der Waals surface area contributed by atoms with Crippen LogP contribution in [0.5, 0.6) is 0 Å². The molecule has 2 rings (SSSR count). The van der Waals surface area contributed by atoms with E-state index in [1.165, 1.54) is 6.07 Å². The Bertz CT molecular complexity index is 556. The van der Waals surface area contributed by atoms with Gasteiger partial charge in [0.15, 0.2) is 5.60 Å². The second-order valence-electron chi connectivity index (χ2n) is 5.68. The van der Waals surface area contributed by atoms with E-state index in [0.717, 1.165) is 12.1 Å². The molecule has 1 saturated heterocycles. The SMILES string of the molecule is CCOC(=O)C1(CCCc2cccc(C(F)(F)F)c2)OC1CC. The monoisotopic (exact) mass is 330 g/mol. The first-order chi connectivity index (χ1) is 10.8. The molecule has 0 aromatic heterocycles. The minimum Gasteiger partial charge on any atom is -0.464 e. The molecule has 6 heteroatoms. The Morgan fingerprint density at radius 1 is 1.35 bits per heavy atom. The summed E-state index contributed by atoms with van der Waals surface area (Å²) in [4.78, 5) is 12.0. The number of halogens is 3. The number of carbonyl (C=O) groups excluding carboxylic acids is 1. The van der Waals surface area contributed by atoms with Crippen molar-refractivity contribution < 1.29 is 27.4 Å². The summed E-state index contributed by atoms with van der Waals surface area (Å²) in [5.41, 5.74) is -0.941. The van der Waals surface area contributed by atoms with E-state index in [1.54, 1.807) is 13.0 Å². The average molecular weight is 330 g/mol. The number of alkyl halides is 3. The number of esters is 1. The van der Waals surface area contributed by atoms with Gasteiger partial charge in [-0.2, -0.15) is 13.2 Å². The summed E-state index contributed by atoms with van der Waals surface area (Å²) < 4.78 is 48.7. The van der Waals surface area contributed by atoms with Crippen LogP contribution in [0.1, 0.15) is 44.2 Å². The van der Waals surface area contributed by atoms with E-state index in [4.69, 9.17) is 9.47 Å². The van der Waals surface area contributed by atoms with Crippen LogP contribution in [-0.2, 0) is 26.9 Å². The van der Waals surface area contributed by atoms with Crippen molar-refractivity contribution in [2.24, 2.45) is 0 Å². The van der Waals surface area contributed by atoms with Crippen LogP contribution in [0, 0.1) is 0 Å². The van der Waals surface area contributed by atoms with Crippen LogP contribution in [0.15, 0.2) is 24.3 Å². The summed E-state index contributed by atoms with van der Waals surface area (Å²) >= 11 is 0. The van der Waals surface area contributed by atoms with Gasteiger partial charge >= 0.3 is 12.1 Å².